The van der Waals surface area contributed by atoms with Gasteiger partial charge in [-0.25, -0.2) is 4.79 Å². The van der Waals surface area contributed by atoms with Crippen molar-refractivity contribution in [3.63, 3.8) is 0 Å². The molecule has 0 saturated carbocycles. The number of ether oxygens (including phenoxy) is 1. The Labute approximate surface area is 97.9 Å². The van der Waals surface area contributed by atoms with Crippen LogP contribution in [0.15, 0.2) is 29.8 Å². The maximum Gasteiger partial charge on any atom is 0.337 e. The fraction of sp³-hybridized carbons (Fsp3) is 0.154. The first-order chi connectivity index (χ1) is 8.04. The molecule has 0 aliphatic heterocycles. The number of hydrogen-bond donors (Lipinski definition) is 0. The number of rotatable bonds is 1. The minimum absolute atomic E-state index is 0.214. The number of methoxy groups -OCH3 is 1. The van der Waals surface area contributed by atoms with E-state index in [1.54, 1.807) is 6.92 Å². The van der Waals surface area contributed by atoms with Gasteiger partial charge in [-0.15, -0.1) is 0 Å². The number of esters is 1. The van der Waals surface area contributed by atoms with Gasteiger partial charge in [0.15, 0.2) is 11.6 Å². The molecule has 1 aromatic carbocycles. The van der Waals surface area contributed by atoms with Gasteiger partial charge in [0, 0.05) is 16.7 Å². The molecular formula is C13H10O4. The maximum absolute atomic E-state index is 11.9. The van der Waals surface area contributed by atoms with E-state index in [0.717, 1.165) is 0 Å². The number of allylic oxidation sites excluding steroid dienone is 2. The van der Waals surface area contributed by atoms with Crippen LogP contribution in [-0.4, -0.2) is 24.6 Å². The molecule has 0 heterocycles. The van der Waals surface area contributed by atoms with Gasteiger partial charge in [-0.3, -0.25) is 9.59 Å². The third-order valence-corrected chi connectivity index (χ3v) is 2.66. The summed E-state index contributed by atoms with van der Waals surface area (Å²) >= 11 is 0. The molecule has 2 rings (SSSR count). The zero-order valence-corrected chi connectivity index (χ0v) is 9.44. The first kappa shape index (κ1) is 11.3. The molecule has 0 saturated heterocycles. The van der Waals surface area contributed by atoms with Crippen molar-refractivity contribution in [2.24, 2.45) is 0 Å². The van der Waals surface area contributed by atoms with Crippen LogP contribution in [0.4, 0.5) is 0 Å². The standard InChI is InChI=1S/C13H10O4/c1-7-5-11(14)9-4-3-8(13(16)17-2)6-10(9)12(7)15/h3-6H,1-2H3. The fourth-order valence-corrected chi connectivity index (χ4v) is 1.74. The van der Waals surface area contributed by atoms with E-state index in [1.165, 1.54) is 31.4 Å². The van der Waals surface area contributed by atoms with Crippen molar-refractivity contribution in [2.45, 2.75) is 6.92 Å². The first-order valence-corrected chi connectivity index (χ1v) is 5.04. The minimum atomic E-state index is -0.528. The third-order valence-electron chi connectivity index (χ3n) is 2.66. The third kappa shape index (κ3) is 1.78. The average molecular weight is 230 g/mol. The van der Waals surface area contributed by atoms with Gasteiger partial charge in [0.1, 0.15) is 0 Å². The predicted molar refractivity (Wildman–Crippen MR) is 60.2 cm³/mol. The number of fused-ring (bicyclic) bond motifs is 1. The SMILES string of the molecule is COC(=O)c1ccc2c(c1)C(=O)C(C)=CC2=O. The second kappa shape index (κ2) is 3.97. The summed E-state index contributed by atoms with van der Waals surface area (Å²) in [5.74, 6) is -0.973. The summed E-state index contributed by atoms with van der Waals surface area (Å²) in [5, 5.41) is 0. The summed E-state index contributed by atoms with van der Waals surface area (Å²) in [6.07, 6.45) is 1.31. The normalized spacial score (nSPS) is 14.1. The molecule has 1 aliphatic rings. The van der Waals surface area contributed by atoms with Crippen LogP contribution in [0.3, 0.4) is 0 Å². The van der Waals surface area contributed by atoms with E-state index in [9.17, 15) is 14.4 Å². The summed E-state index contributed by atoms with van der Waals surface area (Å²) in [6, 6.07) is 4.35. The lowest BCUT2D eigenvalue weighted by Crippen LogP contribution is -2.16. The molecule has 0 N–H and O–H groups in total. The van der Waals surface area contributed by atoms with Gasteiger partial charge in [0.25, 0.3) is 0 Å². The molecule has 0 aromatic heterocycles. The van der Waals surface area contributed by atoms with Crippen LogP contribution in [0.25, 0.3) is 0 Å². The molecule has 0 radical (unpaired) electrons. The summed E-state index contributed by atoms with van der Waals surface area (Å²) in [4.78, 5) is 34.8. The highest BCUT2D eigenvalue weighted by Gasteiger charge is 2.24. The Hall–Kier alpha value is -2.23. The molecule has 4 nitrogen and oxygen atoms in total. The van der Waals surface area contributed by atoms with Crippen LogP contribution >= 0.6 is 0 Å². The summed E-state index contributed by atoms with van der Waals surface area (Å²) < 4.78 is 4.57. The quantitative estimate of drug-likeness (QED) is 0.690. The van der Waals surface area contributed by atoms with Crippen LogP contribution in [0.5, 0.6) is 0 Å². The topological polar surface area (TPSA) is 60.4 Å². The highest BCUT2D eigenvalue weighted by molar-refractivity contribution is 6.24. The Bertz CT molecular complexity index is 567. The van der Waals surface area contributed by atoms with E-state index in [4.69, 9.17) is 0 Å². The van der Waals surface area contributed by atoms with Crippen LogP contribution < -0.4 is 0 Å². The van der Waals surface area contributed by atoms with Gasteiger partial charge in [-0.05, 0) is 31.2 Å². The number of carbonyl (C=O) groups is 3. The van der Waals surface area contributed by atoms with Crippen molar-refractivity contribution in [1.82, 2.24) is 0 Å². The lowest BCUT2D eigenvalue weighted by molar-refractivity contribution is 0.0600. The van der Waals surface area contributed by atoms with Gasteiger partial charge < -0.3 is 4.74 Å². The Morgan fingerprint density at radius 2 is 1.88 bits per heavy atom. The molecule has 4 heteroatoms. The van der Waals surface area contributed by atoms with Gasteiger partial charge >= 0.3 is 5.97 Å². The second-order valence-corrected chi connectivity index (χ2v) is 3.77. The Balaban J connectivity index is 2.58. The monoisotopic (exact) mass is 230 g/mol. The van der Waals surface area contributed by atoms with Crippen molar-refractivity contribution in [2.75, 3.05) is 7.11 Å². The fourth-order valence-electron chi connectivity index (χ4n) is 1.74. The highest BCUT2D eigenvalue weighted by Crippen LogP contribution is 2.22. The average Bonchev–Trinajstić information content (AvgIpc) is 2.34. The molecular weight excluding hydrogens is 220 g/mol. The number of benzene rings is 1. The van der Waals surface area contributed by atoms with Crippen LogP contribution in [0.2, 0.25) is 0 Å². The van der Waals surface area contributed by atoms with E-state index < -0.39 is 5.97 Å². The van der Waals surface area contributed by atoms with E-state index in [0.29, 0.717) is 11.1 Å². The summed E-state index contributed by atoms with van der Waals surface area (Å²) in [5.41, 5.74) is 1.23. The minimum Gasteiger partial charge on any atom is -0.465 e. The van der Waals surface area contributed by atoms with Gasteiger partial charge in [0.2, 0.25) is 0 Å². The van der Waals surface area contributed by atoms with Gasteiger partial charge in [-0.1, -0.05) is 0 Å². The van der Waals surface area contributed by atoms with Crippen molar-refractivity contribution >= 4 is 17.5 Å². The van der Waals surface area contributed by atoms with Crippen molar-refractivity contribution in [3.05, 3.63) is 46.5 Å². The van der Waals surface area contributed by atoms with Gasteiger partial charge in [-0.2, -0.15) is 0 Å². The van der Waals surface area contributed by atoms with Crippen molar-refractivity contribution in [3.8, 4) is 0 Å². The molecule has 1 aromatic rings. The van der Waals surface area contributed by atoms with Crippen molar-refractivity contribution < 1.29 is 19.1 Å². The molecule has 0 fully saturated rings. The molecule has 0 unspecified atom stereocenters. The lowest BCUT2D eigenvalue weighted by atomic mass is 9.89. The van der Waals surface area contributed by atoms with Crippen molar-refractivity contribution in [1.29, 1.82) is 0 Å². The summed E-state index contributed by atoms with van der Waals surface area (Å²) in [7, 11) is 1.26. The zero-order valence-electron chi connectivity index (χ0n) is 9.44. The van der Waals surface area contributed by atoms with E-state index in [1.807, 2.05) is 0 Å². The van der Waals surface area contributed by atoms with E-state index >= 15 is 0 Å². The molecule has 86 valence electrons. The molecule has 17 heavy (non-hydrogen) atoms. The van der Waals surface area contributed by atoms with E-state index in [-0.39, 0.29) is 22.7 Å². The second-order valence-electron chi connectivity index (χ2n) is 3.77. The first-order valence-electron chi connectivity index (χ1n) is 5.04. The van der Waals surface area contributed by atoms with Crippen LogP contribution in [0, 0.1) is 0 Å². The predicted octanol–water partition coefficient (Wildman–Crippen LogP) is 1.80. The number of hydrogen-bond acceptors (Lipinski definition) is 4. The number of ketones is 2. The Kier molecular flexibility index (Phi) is 2.63. The Morgan fingerprint density at radius 1 is 1.18 bits per heavy atom. The molecule has 0 amide bonds. The number of carbonyl (C=O) groups excluding carboxylic acids is 3. The zero-order chi connectivity index (χ0) is 12.6. The van der Waals surface area contributed by atoms with Crippen LogP contribution in [0.1, 0.15) is 38.0 Å². The largest absolute Gasteiger partial charge is 0.465 e. The molecule has 1 aliphatic carbocycles. The molecule has 0 atom stereocenters. The van der Waals surface area contributed by atoms with Crippen LogP contribution in [-0.2, 0) is 4.74 Å². The Morgan fingerprint density at radius 3 is 2.53 bits per heavy atom. The molecule has 0 bridgehead atoms. The molecule has 0 spiro atoms. The summed E-state index contributed by atoms with van der Waals surface area (Å²) in [6.45, 7) is 1.58. The van der Waals surface area contributed by atoms with E-state index in [2.05, 4.69) is 4.74 Å². The smallest absolute Gasteiger partial charge is 0.337 e. The maximum atomic E-state index is 11.9. The highest BCUT2D eigenvalue weighted by atomic mass is 16.5. The number of Topliss-reactive ketones (excluding diaryl/α,β-unsaturated/α-hetero) is 1. The van der Waals surface area contributed by atoms with Gasteiger partial charge in [0.05, 0.1) is 12.7 Å². The lowest BCUT2D eigenvalue weighted by Gasteiger charge is -2.13.